The van der Waals surface area contributed by atoms with Crippen molar-refractivity contribution in [2.45, 2.75) is 75.8 Å². The van der Waals surface area contributed by atoms with Crippen molar-refractivity contribution >= 4 is 35.1 Å². The third kappa shape index (κ3) is 16.1. The molecule has 16 heteroatoms. The zero-order valence-corrected chi connectivity index (χ0v) is 36.5. The lowest BCUT2D eigenvalue weighted by molar-refractivity contribution is -0.177. The highest BCUT2D eigenvalue weighted by atomic mass is 35.5. The second-order valence-electron chi connectivity index (χ2n) is 15.2. The SMILES string of the molecule is O=C(OC(CC(Cc1ccc(Cl)cc1)Oc1ccc(C(F)(F)F)cc1)NCc1ccccc1)C(=O)OC(CC(Cc1ccc(Cl)cc1)Oc1ccc(C(F)(F)F)cc1)NCc1ccccc1. The predicted molar refractivity (Wildman–Crippen MR) is 238 cm³/mol. The van der Waals surface area contributed by atoms with Crippen LogP contribution < -0.4 is 20.1 Å². The molecule has 66 heavy (non-hydrogen) atoms. The summed E-state index contributed by atoms with van der Waals surface area (Å²) in [5.74, 6) is -2.50. The maximum absolute atomic E-state index is 13.8. The fourth-order valence-electron chi connectivity index (χ4n) is 6.78. The standard InChI is InChI=1S/C50H44Cl2F6N2O6/c51-39-19-11-33(12-20-39)27-43(63-41-23-15-37(16-24-41)49(53,54)55)29-45(59-31-35-7-3-1-4-8-35)65-47(61)48(62)66-46(60-32-36-9-5-2-6-10-36)30-44(28-34-13-21-40(52)22-14-34)64-42-25-17-38(18-26-42)50(56,57)58/h1-26,43-46,59-60H,27-32H2. The van der Waals surface area contributed by atoms with Gasteiger partial charge in [0.2, 0.25) is 0 Å². The van der Waals surface area contributed by atoms with Gasteiger partial charge in [0.15, 0.2) is 12.5 Å². The molecule has 0 amide bonds. The number of carbonyl (C=O) groups is 2. The number of hydrogen-bond donors (Lipinski definition) is 2. The molecule has 0 bridgehead atoms. The van der Waals surface area contributed by atoms with E-state index in [1.807, 2.05) is 60.7 Å². The van der Waals surface area contributed by atoms with Crippen LogP contribution in [0.1, 0.15) is 46.2 Å². The molecule has 0 fully saturated rings. The van der Waals surface area contributed by atoms with E-state index < -0.39 is 60.1 Å². The number of hydrogen-bond acceptors (Lipinski definition) is 8. The number of alkyl halides is 6. The monoisotopic (exact) mass is 952 g/mol. The Balaban J connectivity index is 1.23. The number of rotatable bonds is 20. The van der Waals surface area contributed by atoms with Gasteiger partial charge in [-0.1, -0.05) is 108 Å². The Bertz CT molecular complexity index is 2250. The first kappa shape index (κ1) is 49.4. The van der Waals surface area contributed by atoms with Gasteiger partial charge in [-0.05, 0) is 95.1 Å². The highest BCUT2D eigenvalue weighted by Gasteiger charge is 2.33. The largest absolute Gasteiger partial charge is 0.490 e. The van der Waals surface area contributed by atoms with Crippen LogP contribution in [0, 0.1) is 0 Å². The molecule has 0 saturated carbocycles. The van der Waals surface area contributed by atoms with Crippen LogP contribution in [0.5, 0.6) is 11.5 Å². The second kappa shape index (κ2) is 23.4. The van der Waals surface area contributed by atoms with Gasteiger partial charge in [0.05, 0.1) is 11.1 Å². The Morgan fingerprint density at radius 1 is 0.455 bits per heavy atom. The summed E-state index contributed by atoms with van der Waals surface area (Å²) in [4.78, 5) is 27.6. The first-order chi connectivity index (χ1) is 31.6. The van der Waals surface area contributed by atoms with Crippen LogP contribution in [0.2, 0.25) is 10.0 Å². The molecule has 0 aliphatic heterocycles. The molecule has 4 unspecified atom stereocenters. The first-order valence-electron chi connectivity index (χ1n) is 20.7. The van der Waals surface area contributed by atoms with E-state index in [2.05, 4.69) is 10.6 Å². The normalized spacial score (nSPS) is 13.5. The Kier molecular flexibility index (Phi) is 17.5. The summed E-state index contributed by atoms with van der Waals surface area (Å²) in [5.41, 5.74) is 1.40. The zero-order chi connectivity index (χ0) is 47.1. The van der Waals surface area contributed by atoms with E-state index in [9.17, 15) is 35.9 Å². The van der Waals surface area contributed by atoms with E-state index in [1.165, 1.54) is 24.3 Å². The Labute approximate surface area is 387 Å². The summed E-state index contributed by atoms with van der Waals surface area (Å²) in [6.07, 6.45) is -13.0. The van der Waals surface area contributed by atoms with E-state index in [1.54, 1.807) is 48.5 Å². The quantitative estimate of drug-likeness (QED) is 0.0338. The van der Waals surface area contributed by atoms with Crippen LogP contribution in [-0.4, -0.2) is 36.6 Å². The van der Waals surface area contributed by atoms with Crippen LogP contribution in [0.25, 0.3) is 0 Å². The van der Waals surface area contributed by atoms with Gasteiger partial charge in [-0.3, -0.25) is 10.6 Å². The molecule has 346 valence electrons. The third-order valence-corrected chi connectivity index (χ3v) is 10.6. The van der Waals surface area contributed by atoms with Gasteiger partial charge >= 0.3 is 24.3 Å². The maximum atomic E-state index is 13.8. The Morgan fingerprint density at radius 3 is 1.11 bits per heavy atom. The van der Waals surface area contributed by atoms with Crippen molar-refractivity contribution < 1.29 is 54.9 Å². The average molecular weight is 954 g/mol. The fraction of sp³-hybridized carbons (Fsp3) is 0.240. The molecule has 0 heterocycles. The van der Waals surface area contributed by atoms with Gasteiger partial charge in [-0.15, -0.1) is 0 Å². The highest BCUT2D eigenvalue weighted by Crippen LogP contribution is 2.32. The summed E-state index contributed by atoms with van der Waals surface area (Å²) < 4.78 is 104. The van der Waals surface area contributed by atoms with Gasteiger partial charge in [0.25, 0.3) is 0 Å². The van der Waals surface area contributed by atoms with Crippen molar-refractivity contribution in [3.8, 4) is 11.5 Å². The van der Waals surface area contributed by atoms with E-state index in [-0.39, 0.29) is 50.3 Å². The lowest BCUT2D eigenvalue weighted by Gasteiger charge is -2.27. The molecule has 0 aliphatic carbocycles. The molecule has 6 aromatic rings. The maximum Gasteiger partial charge on any atom is 0.419 e. The molecule has 0 spiro atoms. The Morgan fingerprint density at radius 2 is 0.788 bits per heavy atom. The van der Waals surface area contributed by atoms with Crippen LogP contribution >= 0.6 is 23.2 Å². The number of nitrogens with one attached hydrogen (secondary N) is 2. The minimum Gasteiger partial charge on any atom is -0.490 e. The molecule has 6 rings (SSSR count). The van der Waals surface area contributed by atoms with Crippen molar-refractivity contribution in [3.63, 3.8) is 0 Å². The summed E-state index contributed by atoms with van der Waals surface area (Å²) in [5, 5.41) is 7.26. The summed E-state index contributed by atoms with van der Waals surface area (Å²) in [7, 11) is 0. The second-order valence-corrected chi connectivity index (χ2v) is 16.1. The number of benzene rings is 6. The smallest absolute Gasteiger partial charge is 0.419 e. The molecule has 0 aliphatic rings. The van der Waals surface area contributed by atoms with Crippen LogP contribution in [0.4, 0.5) is 26.3 Å². The first-order valence-corrected chi connectivity index (χ1v) is 21.4. The van der Waals surface area contributed by atoms with Crippen LogP contribution in [0.3, 0.4) is 0 Å². The summed E-state index contributed by atoms with van der Waals surface area (Å²) in [6.45, 7) is 0.355. The highest BCUT2D eigenvalue weighted by molar-refractivity contribution is 6.31. The number of ether oxygens (including phenoxy) is 4. The van der Waals surface area contributed by atoms with E-state index in [0.29, 0.717) is 10.0 Å². The number of halogens is 8. The Hall–Kier alpha value is -6.06. The molecule has 8 nitrogen and oxygen atoms in total. The van der Waals surface area contributed by atoms with Crippen molar-refractivity contribution in [1.29, 1.82) is 0 Å². The number of esters is 2. The minimum atomic E-state index is -4.57. The topological polar surface area (TPSA) is 95.1 Å². The molecular formula is C50H44Cl2F6N2O6. The van der Waals surface area contributed by atoms with Crippen molar-refractivity contribution in [3.05, 3.63) is 201 Å². The molecule has 0 radical (unpaired) electrons. The summed E-state index contributed by atoms with van der Waals surface area (Å²) >= 11 is 12.3. The lowest BCUT2D eigenvalue weighted by atomic mass is 10.0. The molecule has 2 N–H and O–H groups in total. The molecule has 0 aromatic heterocycles. The molecule has 4 atom stereocenters. The van der Waals surface area contributed by atoms with Gasteiger partial charge < -0.3 is 18.9 Å². The third-order valence-electron chi connectivity index (χ3n) is 10.1. The van der Waals surface area contributed by atoms with Crippen molar-refractivity contribution in [2.24, 2.45) is 0 Å². The van der Waals surface area contributed by atoms with Gasteiger partial charge in [-0.2, -0.15) is 26.3 Å². The molecule has 0 saturated heterocycles. The zero-order valence-electron chi connectivity index (χ0n) is 35.0. The number of carbonyl (C=O) groups excluding carboxylic acids is 2. The summed E-state index contributed by atoms with van der Waals surface area (Å²) in [6, 6.07) is 40.3. The van der Waals surface area contributed by atoms with E-state index >= 15 is 0 Å². The van der Waals surface area contributed by atoms with Crippen molar-refractivity contribution in [2.75, 3.05) is 0 Å². The van der Waals surface area contributed by atoms with E-state index in [4.69, 9.17) is 42.1 Å². The minimum absolute atomic E-state index is 0.0880. The fourth-order valence-corrected chi connectivity index (χ4v) is 7.03. The van der Waals surface area contributed by atoms with Gasteiger partial charge in [0, 0.05) is 48.8 Å². The average Bonchev–Trinajstić information content (AvgIpc) is 3.29. The van der Waals surface area contributed by atoms with E-state index in [0.717, 1.165) is 46.5 Å². The van der Waals surface area contributed by atoms with Crippen LogP contribution in [-0.2, 0) is 57.3 Å². The molecular weight excluding hydrogens is 909 g/mol. The van der Waals surface area contributed by atoms with Crippen molar-refractivity contribution in [1.82, 2.24) is 10.6 Å². The van der Waals surface area contributed by atoms with Gasteiger partial charge in [-0.25, -0.2) is 9.59 Å². The lowest BCUT2D eigenvalue weighted by Crippen LogP contribution is -2.43. The van der Waals surface area contributed by atoms with Crippen LogP contribution in [0.15, 0.2) is 158 Å². The van der Waals surface area contributed by atoms with Gasteiger partial charge in [0.1, 0.15) is 23.7 Å². The molecule has 6 aromatic carbocycles. The predicted octanol–water partition coefficient (Wildman–Crippen LogP) is 11.8.